The number of carbonyl (C=O) groups excluding carboxylic acids is 2. The second-order valence-electron chi connectivity index (χ2n) is 10.9. The number of hydrogen-bond donors (Lipinski definition) is 0. The lowest BCUT2D eigenvalue weighted by atomic mass is 10.1. The van der Waals surface area contributed by atoms with Crippen molar-refractivity contribution in [2.24, 2.45) is 0 Å². The monoisotopic (exact) mass is 555 g/mol. The van der Waals surface area contributed by atoms with Gasteiger partial charge in [-0.1, -0.05) is 88.3 Å². The summed E-state index contributed by atoms with van der Waals surface area (Å²) < 4.78 is 2.08. The number of para-hydroxylation sites is 1. The number of unbranched alkanes of at least 4 members (excludes halogenated alkanes) is 9. The quantitative estimate of drug-likeness (QED) is 0.158. The van der Waals surface area contributed by atoms with Gasteiger partial charge in [0.25, 0.3) is 0 Å². The Labute approximate surface area is 240 Å². The van der Waals surface area contributed by atoms with Crippen LogP contribution in [0, 0.1) is 6.92 Å². The van der Waals surface area contributed by atoms with Crippen LogP contribution in [0.5, 0.6) is 0 Å². The number of aryl methyl sites for hydroxylation is 1. The van der Waals surface area contributed by atoms with Crippen LogP contribution in [0.2, 0.25) is 0 Å². The predicted octanol–water partition coefficient (Wildman–Crippen LogP) is 6.82. The summed E-state index contributed by atoms with van der Waals surface area (Å²) in [5, 5.41) is 9.48. The molecule has 0 saturated carbocycles. The minimum absolute atomic E-state index is 0.0944. The molecule has 2 aromatic rings. The van der Waals surface area contributed by atoms with E-state index in [1.54, 1.807) is 11.8 Å². The Morgan fingerprint density at radius 2 is 1.49 bits per heavy atom. The summed E-state index contributed by atoms with van der Waals surface area (Å²) in [6.45, 7) is 8.26. The highest BCUT2D eigenvalue weighted by atomic mass is 32.2. The summed E-state index contributed by atoms with van der Waals surface area (Å²) in [5.41, 5.74) is 1.07. The minimum Gasteiger partial charge on any atom is -0.339 e. The summed E-state index contributed by atoms with van der Waals surface area (Å²) in [7, 11) is 0. The van der Waals surface area contributed by atoms with Gasteiger partial charge in [-0.3, -0.25) is 14.2 Å². The molecule has 1 atom stereocenters. The number of rotatable bonds is 17. The van der Waals surface area contributed by atoms with Crippen molar-refractivity contribution in [1.29, 1.82) is 0 Å². The molecule has 1 aliphatic rings. The fraction of sp³-hybridized carbons (Fsp3) is 0.677. The van der Waals surface area contributed by atoms with Gasteiger partial charge in [0.05, 0.1) is 0 Å². The number of nitrogens with zero attached hydrogens (tertiary/aromatic N) is 5. The van der Waals surface area contributed by atoms with Gasteiger partial charge < -0.3 is 9.80 Å². The van der Waals surface area contributed by atoms with E-state index in [1.165, 1.54) is 44.9 Å². The maximum absolute atomic E-state index is 12.8. The van der Waals surface area contributed by atoms with Crippen molar-refractivity contribution in [2.45, 2.75) is 115 Å². The SMILES string of the molecule is CCCCCCCCCCCC(=O)N1CCN(C(=O)CCCCSc2nnc(C)n2-c2ccccc2)CC1C. The predicted molar refractivity (Wildman–Crippen MR) is 160 cm³/mol. The van der Waals surface area contributed by atoms with Crippen LogP contribution < -0.4 is 0 Å². The molecule has 0 spiro atoms. The largest absolute Gasteiger partial charge is 0.339 e. The second-order valence-corrected chi connectivity index (χ2v) is 11.9. The van der Waals surface area contributed by atoms with Crippen LogP contribution in [0.3, 0.4) is 0 Å². The van der Waals surface area contributed by atoms with Crippen molar-refractivity contribution in [3.63, 3.8) is 0 Å². The summed E-state index contributed by atoms with van der Waals surface area (Å²) in [4.78, 5) is 29.6. The third kappa shape index (κ3) is 10.3. The molecule has 8 heteroatoms. The molecule has 0 aliphatic carbocycles. The molecule has 2 heterocycles. The van der Waals surface area contributed by atoms with E-state index < -0.39 is 0 Å². The fourth-order valence-corrected chi connectivity index (χ4v) is 6.29. The van der Waals surface area contributed by atoms with Crippen molar-refractivity contribution in [1.82, 2.24) is 24.6 Å². The number of piperazine rings is 1. The first kappa shape index (κ1) is 31.2. The first-order valence-electron chi connectivity index (χ1n) is 15.2. The zero-order chi connectivity index (χ0) is 27.9. The zero-order valence-electron chi connectivity index (χ0n) is 24.4. The van der Waals surface area contributed by atoms with Gasteiger partial charge in [-0.15, -0.1) is 10.2 Å². The van der Waals surface area contributed by atoms with E-state index in [0.29, 0.717) is 32.5 Å². The van der Waals surface area contributed by atoms with Crippen LogP contribution >= 0.6 is 11.8 Å². The molecule has 0 N–H and O–H groups in total. The Morgan fingerprint density at radius 1 is 0.846 bits per heavy atom. The average molecular weight is 556 g/mol. The lowest BCUT2D eigenvalue weighted by molar-refractivity contribution is -0.142. The van der Waals surface area contributed by atoms with Crippen LogP contribution in [0.4, 0.5) is 0 Å². The number of carbonyl (C=O) groups is 2. The standard InChI is InChI=1S/C31H49N5O2S/c1-4-5-6-7-8-9-10-11-15-21-30(38)35-23-22-34(25-26(35)2)29(37)20-16-17-24-39-31-33-32-27(3)36(31)28-18-13-12-14-19-28/h12-14,18-19,26H,4-11,15-17,20-25H2,1-3H3. The number of hydrogen-bond acceptors (Lipinski definition) is 5. The van der Waals surface area contributed by atoms with E-state index in [-0.39, 0.29) is 17.9 Å². The maximum Gasteiger partial charge on any atom is 0.222 e. The lowest BCUT2D eigenvalue weighted by Gasteiger charge is -2.40. The number of benzene rings is 1. The molecule has 7 nitrogen and oxygen atoms in total. The lowest BCUT2D eigenvalue weighted by Crippen LogP contribution is -2.55. The average Bonchev–Trinajstić information content (AvgIpc) is 3.31. The highest BCUT2D eigenvalue weighted by Gasteiger charge is 2.29. The maximum atomic E-state index is 12.8. The Hall–Kier alpha value is -2.35. The second kappa shape index (κ2) is 17.4. The van der Waals surface area contributed by atoms with E-state index in [4.69, 9.17) is 0 Å². The van der Waals surface area contributed by atoms with Crippen molar-refractivity contribution in [3.8, 4) is 5.69 Å². The third-order valence-corrected chi connectivity index (χ3v) is 8.64. The minimum atomic E-state index is 0.0944. The molecule has 0 radical (unpaired) electrons. The van der Waals surface area contributed by atoms with Crippen molar-refractivity contribution >= 4 is 23.6 Å². The molecular weight excluding hydrogens is 506 g/mol. The molecule has 1 fully saturated rings. The molecular formula is C31H49N5O2S. The molecule has 39 heavy (non-hydrogen) atoms. The Balaban J connectivity index is 1.28. The van der Waals surface area contributed by atoms with E-state index >= 15 is 0 Å². The van der Waals surface area contributed by atoms with Gasteiger partial charge in [0.15, 0.2) is 5.16 Å². The first-order chi connectivity index (χ1) is 19.0. The smallest absolute Gasteiger partial charge is 0.222 e. The molecule has 2 amide bonds. The molecule has 1 saturated heterocycles. The van der Waals surface area contributed by atoms with Crippen LogP contribution in [0.25, 0.3) is 5.69 Å². The van der Waals surface area contributed by atoms with Gasteiger partial charge in [-0.05, 0) is 45.2 Å². The topological polar surface area (TPSA) is 71.3 Å². The van der Waals surface area contributed by atoms with Crippen molar-refractivity contribution < 1.29 is 9.59 Å². The third-order valence-electron chi connectivity index (χ3n) is 7.62. The van der Waals surface area contributed by atoms with Crippen LogP contribution in [-0.4, -0.2) is 67.8 Å². The van der Waals surface area contributed by atoms with Crippen molar-refractivity contribution in [2.75, 3.05) is 25.4 Å². The van der Waals surface area contributed by atoms with Crippen molar-refractivity contribution in [3.05, 3.63) is 36.2 Å². The molecule has 1 aromatic heterocycles. The Kier molecular flexibility index (Phi) is 13.9. The molecule has 1 aromatic carbocycles. The summed E-state index contributed by atoms with van der Waals surface area (Å²) >= 11 is 1.69. The van der Waals surface area contributed by atoms with Crippen LogP contribution in [0.1, 0.15) is 103 Å². The van der Waals surface area contributed by atoms with E-state index in [2.05, 4.69) is 40.7 Å². The number of amides is 2. The highest BCUT2D eigenvalue weighted by Crippen LogP contribution is 2.23. The summed E-state index contributed by atoms with van der Waals surface area (Å²) in [6.07, 6.45) is 14.4. The highest BCUT2D eigenvalue weighted by molar-refractivity contribution is 7.99. The van der Waals surface area contributed by atoms with Crippen LogP contribution in [0.15, 0.2) is 35.5 Å². The van der Waals surface area contributed by atoms with Gasteiger partial charge in [-0.2, -0.15) is 0 Å². The molecule has 216 valence electrons. The van der Waals surface area contributed by atoms with E-state index in [9.17, 15) is 9.59 Å². The zero-order valence-corrected chi connectivity index (χ0v) is 25.3. The van der Waals surface area contributed by atoms with Gasteiger partial charge in [0.1, 0.15) is 5.82 Å². The normalized spacial score (nSPS) is 15.6. The fourth-order valence-electron chi connectivity index (χ4n) is 5.30. The first-order valence-corrected chi connectivity index (χ1v) is 16.2. The Morgan fingerprint density at radius 3 is 2.18 bits per heavy atom. The molecule has 3 rings (SSSR count). The molecule has 1 aliphatic heterocycles. The van der Waals surface area contributed by atoms with E-state index in [0.717, 1.165) is 48.1 Å². The van der Waals surface area contributed by atoms with Gasteiger partial charge in [0, 0.05) is 50.0 Å². The molecule has 0 bridgehead atoms. The molecule has 1 unspecified atom stereocenters. The summed E-state index contributed by atoms with van der Waals surface area (Å²) in [6, 6.07) is 10.3. The summed E-state index contributed by atoms with van der Waals surface area (Å²) in [5.74, 6) is 2.24. The Bertz CT molecular complexity index is 996. The number of thioether (sulfide) groups is 1. The van der Waals surface area contributed by atoms with Gasteiger partial charge >= 0.3 is 0 Å². The van der Waals surface area contributed by atoms with Gasteiger partial charge in [0.2, 0.25) is 11.8 Å². The van der Waals surface area contributed by atoms with E-state index in [1.807, 2.05) is 34.9 Å². The van der Waals surface area contributed by atoms with Gasteiger partial charge in [-0.25, -0.2) is 0 Å². The number of aromatic nitrogens is 3. The van der Waals surface area contributed by atoms with Crippen LogP contribution in [-0.2, 0) is 9.59 Å².